The van der Waals surface area contributed by atoms with Gasteiger partial charge in [-0.15, -0.1) is 6.58 Å². The van der Waals surface area contributed by atoms with Gasteiger partial charge in [0.1, 0.15) is 11.6 Å². The number of para-hydroxylation sites is 1. The second-order valence-corrected chi connectivity index (χ2v) is 6.85. The number of benzene rings is 2. The molecule has 2 aromatic rings. The van der Waals surface area contributed by atoms with E-state index in [1.807, 2.05) is 48.5 Å². The number of allylic oxidation sites excluding steroid dienone is 3. The van der Waals surface area contributed by atoms with Gasteiger partial charge in [0.25, 0.3) is 0 Å². The zero-order chi connectivity index (χ0) is 18.6. The summed E-state index contributed by atoms with van der Waals surface area (Å²) in [6, 6.07) is 18.7. The molecule has 0 bridgehead atoms. The molecule has 27 heavy (non-hydrogen) atoms. The topological polar surface area (TPSA) is 24.8 Å². The van der Waals surface area contributed by atoms with Crippen LogP contribution in [0.4, 0.5) is 11.4 Å². The van der Waals surface area contributed by atoms with Crippen molar-refractivity contribution in [1.29, 1.82) is 0 Å². The second-order valence-electron chi connectivity index (χ2n) is 6.85. The molecule has 4 rings (SSSR count). The van der Waals surface area contributed by atoms with Gasteiger partial charge in [-0.25, -0.2) is 4.99 Å². The Bertz CT molecular complexity index is 894. The third kappa shape index (κ3) is 3.59. The normalized spacial score (nSPS) is 22.9. The number of rotatable bonds is 5. The Morgan fingerprint density at radius 3 is 2.52 bits per heavy atom. The highest BCUT2D eigenvalue weighted by Gasteiger charge is 2.37. The summed E-state index contributed by atoms with van der Waals surface area (Å²) in [5.74, 6) is 2.40. The number of aliphatic imine (C=N–C) groups is 1. The van der Waals surface area contributed by atoms with Crippen molar-refractivity contribution in [3.05, 3.63) is 91.1 Å². The van der Waals surface area contributed by atoms with Crippen LogP contribution in [0, 0.1) is 5.92 Å². The summed E-state index contributed by atoms with van der Waals surface area (Å²) in [6.07, 6.45) is 10.8. The fourth-order valence-electron chi connectivity index (χ4n) is 3.60. The fraction of sp³-hybridized carbons (Fsp3) is 0.208. The molecule has 136 valence electrons. The highest BCUT2D eigenvalue weighted by Crippen LogP contribution is 2.37. The maximum absolute atomic E-state index is 5.31. The molecule has 1 aliphatic heterocycles. The van der Waals surface area contributed by atoms with Gasteiger partial charge in [-0.2, -0.15) is 0 Å². The minimum atomic E-state index is 0.322. The van der Waals surface area contributed by atoms with E-state index in [2.05, 4.69) is 41.8 Å². The van der Waals surface area contributed by atoms with E-state index >= 15 is 0 Å². The number of nitrogens with zero attached hydrogens (tertiary/aromatic N) is 2. The van der Waals surface area contributed by atoms with Crippen LogP contribution < -0.4 is 9.64 Å². The molecule has 3 heteroatoms. The lowest BCUT2D eigenvalue weighted by atomic mass is 9.86. The molecular formula is C24H24N2O. The number of hydrogen-bond acceptors (Lipinski definition) is 2. The van der Waals surface area contributed by atoms with Crippen LogP contribution in [0.5, 0.6) is 5.75 Å². The van der Waals surface area contributed by atoms with Crippen LogP contribution in [-0.2, 0) is 0 Å². The van der Waals surface area contributed by atoms with Crippen molar-refractivity contribution in [3.63, 3.8) is 0 Å². The predicted molar refractivity (Wildman–Crippen MR) is 113 cm³/mol. The Balaban J connectivity index is 1.64. The molecule has 1 saturated heterocycles. The van der Waals surface area contributed by atoms with Gasteiger partial charge < -0.3 is 9.64 Å². The quantitative estimate of drug-likeness (QED) is 0.643. The molecule has 3 nitrogen and oxygen atoms in total. The monoisotopic (exact) mass is 356 g/mol. The molecule has 0 amide bonds. The van der Waals surface area contributed by atoms with Crippen LogP contribution in [-0.4, -0.2) is 19.0 Å². The van der Waals surface area contributed by atoms with Crippen molar-refractivity contribution in [2.45, 2.75) is 18.9 Å². The Kier molecular flexibility index (Phi) is 4.93. The molecule has 1 heterocycles. The van der Waals surface area contributed by atoms with Gasteiger partial charge in [0.05, 0.1) is 18.8 Å². The highest BCUT2D eigenvalue weighted by atomic mass is 16.5. The van der Waals surface area contributed by atoms with Gasteiger partial charge in [-0.05, 0) is 54.3 Å². The zero-order valence-electron chi connectivity index (χ0n) is 15.6. The van der Waals surface area contributed by atoms with E-state index in [1.165, 1.54) is 5.57 Å². The van der Waals surface area contributed by atoms with Crippen LogP contribution in [0.3, 0.4) is 0 Å². The summed E-state index contributed by atoms with van der Waals surface area (Å²) in [7, 11) is 1.69. The third-order valence-electron chi connectivity index (χ3n) is 5.18. The van der Waals surface area contributed by atoms with Crippen molar-refractivity contribution in [1.82, 2.24) is 0 Å². The number of ether oxygens (including phenoxy) is 1. The molecule has 2 unspecified atom stereocenters. The molecular weight excluding hydrogens is 332 g/mol. The van der Waals surface area contributed by atoms with Crippen molar-refractivity contribution in [3.8, 4) is 5.75 Å². The summed E-state index contributed by atoms with van der Waals surface area (Å²) in [4.78, 5) is 7.21. The molecule has 2 aliphatic rings. The third-order valence-corrected chi connectivity index (χ3v) is 5.18. The van der Waals surface area contributed by atoms with E-state index in [-0.39, 0.29) is 0 Å². The number of methoxy groups -OCH3 is 1. The first-order chi connectivity index (χ1) is 13.3. The average Bonchev–Trinajstić information content (AvgIpc) is 2.72. The Morgan fingerprint density at radius 1 is 1.11 bits per heavy atom. The summed E-state index contributed by atoms with van der Waals surface area (Å²) in [5.41, 5.74) is 3.49. The molecule has 2 aromatic carbocycles. The number of amidine groups is 1. The summed E-state index contributed by atoms with van der Waals surface area (Å²) >= 11 is 0. The minimum Gasteiger partial charge on any atom is -0.497 e. The smallest absolute Gasteiger partial charge is 0.119 e. The lowest BCUT2D eigenvalue weighted by Gasteiger charge is -2.45. The van der Waals surface area contributed by atoms with E-state index < -0.39 is 0 Å². The van der Waals surface area contributed by atoms with E-state index in [0.717, 1.165) is 35.8 Å². The van der Waals surface area contributed by atoms with Crippen molar-refractivity contribution in [2.75, 3.05) is 12.0 Å². The van der Waals surface area contributed by atoms with Crippen molar-refractivity contribution in [2.24, 2.45) is 10.9 Å². The Hall–Kier alpha value is -3.07. The zero-order valence-corrected chi connectivity index (χ0v) is 15.6. The molecule has 0 N–H and O–H groups in total. The van der Waals surface area contributed by atoms with Gasteiger partial charge in [0.2, 0.25) is 0 Å². The largest absolute Gasteiger partial charge is 0.497 e. The van der Waals surface area contributed by atoms with E-state index in [1.54, 1.807) is 7.11 Å². The Morgan fingerprint density at radius 2 is 1.89 bits per heavy atom. The average molecular weight is 356 g/mol. The molecule has 0 saturated carbocycles. The SMILES string of the molecule is C=CC1C=CC(C2CC(=Nc3ccccc3)N2c2ccc(OC)cc2)=CC1. The first kappa shape index (κ1) is 17.3. The summed E-state index contributed by atoms with van der Waals surface area (Å²) in [5, 5.41) is 0. The lowest BCUT2D eigenvalue weighted by Crippen LogP contribution is -2.53. The fourth-order valence-corrected chi connectivity index (χ4v) is 3.60. The standard InChI is InChI=1S/C24H24N2O/c1-3-18-9-11-19(12-10-18)23-17-24(25-20-7-5-4-6-8-20)26(23)21-13-15-22(27-2)16-14-21/h3-9,11-16,18,23H,1,10,17H2,2H3. The van der Waals surface area contributed by atoms with Crippen LogP contribution in [0.25, 0.3) is 0 Å². The van der Waals surface area contributed by atoms with E-state index in [0.29, 0.717) is 12.0 Å². The highest BCUT2D eigenvalue weighted by molar-refractivity contribution is 6.07. The van der Waals surface area contributed by atoms with Crippen LogP contribution in [0.15, 0.2) is 96.0 Å². The van der Waals surface area contributed by atoms with Gasteiger partial charge in [0, 0.05) is 12.1 Å². The lowest BCUT2D eigenvalue weighted by molar-refractivity contribution is 0.415. The molecule has 1 aliphatic carbocycles. The maximum Gasteiger partial charge on any atom is 0.119 e. The van der Waals surface area contributed by atoms with Gasteiger partial charge in [-0.3, -0.25) is 0 Å². The van der Waals surface area contributed by atoms with Crippen molar-refractivity contribution < 1.29 is 4.74 Å². The van der Waals surface area contributed by atoms with Crippen LogP contribution >= 0.6 is 0 Å². The van der Waals surface area contributed by atoms with Gasteiger partial charge in [-0.1, -0.05) is 42.5 Å². The van der Waals surface area contributed by atoms with E-state index in [9.17, 15) is 0 Å². The van der Waals surface area contributed by atoms with Gasteiger partial charge in [0.15, 0.2) is 0 Å². The first-order valence-electron chi connectivity index (χ1n) is 9.35. The first-order valence-corrected chi connectivity index (χ1v) is 9.35. The molecule has 0 spiro atoms. The second kappa shape index (κ2) is 7.67. The molecule has 1 fully saturated rings. The number of hydrogen-bond donors (Lipinski definition) is 0. The molecule has 0 radical (unpaired) electrons. The summed E-state index contributed by atoms with van der Waals surface area (Å²) < 4.78 is 5.31. The van der Waals surface area contributed by atoms with E-state index in [4.69, 9.17) is 9.73 Å². The maximum atomic E-state index is 5.31. The molecule has 0 aromatic heterocycles. The Labute approximate surface area is 161 Å². The van der Waals surface area contributed by atoms with Gasteiger partial charge >= 0.3 is 0 Å². The summed E-state index contributed by atoms with van der Waals surface area (Å²) in [6.45, 7) is 3.90. The minimum absolute atomic E-state index is 0.322. The predicted octanol–water partition coefficient (Wildman–Crippen LogP) is 5.69. The van der Waals surface area contributed by atoms with Crippen molar-refractivity contribution >= 4 is 17.2 Å². The number of anilines is 1. The van der Waals surface area contributed by atoms with Crippen LogP contribution in [0.2, 0.25) is 0 Å². The van der Waals surface area contributed by atoms with Crippen LogP contribution in [0.1, 0.15) is 12.8 Å². The molecule has 2 atom stereocenters.